The average molecular weight is 1640 g/mol. The maximum atomic E-state index is 12.1. The molecule has 29 nitrogen and oxygen atoms in total. The SMILES string of the molecule is C=C(C)C(=O)OCCNC(=O)CN(CC(=O)O)Cc1ccc(C(C)CC)cc1.C=C(C)C(=O)OCCNC(=O)CN(CC(=O)O)Cc1ccc(C(C)CC)cc1.CCC(C)C(=O)NC(C)C.CCC(C)C(=O)OCCOC.CCC(C)c1ccc(CN(CC(=O)O)CC(=O)O)cc1.CCC(C)c1ccc(CN(CC(=O)O)CC(=O)O)cc1. The van der Waals surface area contributed by atoms with Crippen LogP contribution in [0.2, 0.25) is 0 Å². The molecule has 0 aliphatic rings. The summed E-state index contributed by atoms with van der Waals surface area (Å²) in [5.74, 6) is -5.69. The molecule has 0 aromatic heterocycles. The molecule has 0 radical (unpaired) electrons. The van der Waals surface area contributed by atoms with Crippen molar-refractivity contribution in [3.8, 4) is 0 Å². The van der Waals surface area contributed by atoms with E-state index in [1.54, 1.807) is 30.8 Å². The number of amides is 3. The second-order valence-corrected chi connectivity index (χ2v) is 29.1. The van der Waals surface area contributed by atoms with Crippen LogP contribution in [0.5, 0.6) is 0 Å². The number of rotatable bonds is 48. The summed E-state index contributed by atoms with van der Waals surface area (Å²) in [5, 5.41) is 61.5. The lowest BCUT2D eigenvalue weighted by Crippen LogP contribution is -2.40. The molecule has 6 atom stereocenters. The number of methoxy groups -OCH3 is 1. The maximum absolute atomic E-state index is 12.1. The number of carbonyl (C=O) groups is 12. The molecule has 4 aromatic rings. The Morgan fingerprint density at radius 2 is 0.598 bits per heavy atom. The van der Waals surface area contributed by atoms with Gasteiger partial charge < -0.3 is 65.5 Å². The standard InChI is InChI=1S/2C21H30N2O5.2C15H21NO4.C8H17NO.C8H16O3/c2*1-5-16(4)18-8-6-17(7-9-18)12-23(14-20(25)26)13-19(24)22-10-11-28-21(27)15(2)3;2*1-3-11(2)13-6-4-12(5-7-13)8-16(9-14(17)18)10-15(19)20;1-5-7(4)8(10)9-6(2)3;1-4-7(2)8(9)11-6-5-10-3/h2*6-9,16H,2,5,10-14H2,1,3-4H3,(H,22,24)(H,25,26);2*4-7,11H,3,8-10H2,1-2H3,(H,17,18)(H,19,20);6-7H,5H2,1-4H3,(H,9,10);7H,4-6H2,1-3H3. The van der Waals surface area contributed by atoms with Gasteiger partial charge in [-0.05, 0) is 134 Å². The van der Waals surface area contributed by atoms with E-state index in [2.05, 4.69) is 84.5 Å². The zero-order chi connectivity index (χ0) is 89.3. The normalized spacial score (nSPS) is 12.2. The van der Waals surface area contributed by atoms with Crippen LogP contribution in [0.25, 0.3) is 0 Å². The molecule has 0 bridgehead atoms. The number of aliphatic carboxylic acids is 6. The Hall–Kier alpha value is -10.2. The summed E-state index contributed by atoms with van der Waals surface area (Å²) in [6.07, 6.45) is 5.95. The van der Waals surface area contributed by atoms with E-state index in [1.165, 1.54) is 32.1 Å². The van der Waals surface area contributed by atoms with Crippen LogP contribution in [0, 0.1) is 11.8 Å². The van der Waals surface area contributed by atoms with E-state index in [0.717, 1.165) is 60.8 Å². The van der Waals surface area contributed by atoms with Crippen molar-refractivity contribution in [2.45, 2.75) is 205 Å². The van der Waals surface area contributed by atoms with Crippen molar-refractivity contribution in [2.75, 3.05) is 99.0 Å². The molecule has 0 saturated heterocycles. The minimum atomic E-state index is -1.03. The molecule has 0 aliphatic carbocycles. The topological polar surface area (TPSA) is 412 Å². The molecule has 0 spiro atoms. The lowest BCUT2D eigenvalue weighted by atomic mass is 9.97. The van der Waals surface area contributed by atoms with Gasteiger partial charge in [-0.3, -0.25) is 67.5 Å². The third-order valence-electron chi connectivity index (χ3n) is 18.2. The maximum Gasteiger partial charge on any atom is 0.333 e. The first-order valence-electron chi connectivity index (χ1n) is 39.8. The van der Waals surface area contributed by atoms with Crippen molar-refractivity contribution in [1.29, 1.82) is 0 Å². The minimum Gasteiger partial charge on any atom is -0.480 e. The van der Waals surface area contributed by atoms with E-state index in [0.29, 0.717) is 74.2 Å². The van der Waals surface area contributed by atoms with Gasteiger partial charge in [-0.15, -0.1) is 0 Å². The Morgan fingerprint density at radius 3 is 0.803 bits per heavy atom. The monoisotopic (exact) mass is 1640 g/mol. The highest BCUT2D eigenvalue weighted by atomic mass is 16.6. The summed E-state index contributed by atoms with van der Waals surface area (Å²) < 4.78 is 19.4. The van der Waals surface area contributed by atoms with Crippen LogP contribution < -0.4 is 16.0 Å². The first-order valence-corrected chi connectivity index (χ1v) is 39.8. The Balaban J connectivity index is 0. The number of ether oxygens (including phenoxy) is 4. The number of carboxylic acids is 6. The Kier molecular flexibility index (Phi) is 58.6. The van der Waals surface area contributed by atoms with Gasteiger partial charge in [0.05, 0.1) is 78.0 Å². The van der Waals surface area contributed by atoms with Crippen LogP contribution in [-0.2, 0) is 103 Å². The zero-order valence-corrected chi connectivity index (χ0v) is 72.2. The number of benzene rings is 4. The first kappa shape index (κ1) is 109. The molecule has 0 fully saturated rings. The van der Waals surface area contributed by atoms with Gasteiger partial charge in [-0.1, -0.05) is 193 Å². The van der Waals surface area contributed by atoms with Crippen molar-refractivity contribution >= 4 is 71.4 Å². The fraction of sp³-hybridized carbons (Fsp3) is 0.545. The van der Waals surface area contributed by atoms with Gasteiger partial charge in [0.25, 0.3) is 0 Å². The number of nitrogens with one attached hydrogen (secondary N) is 3. The molecule has 117 heavy (non-hydrogen) atoms. The van der Waals surface area contributed by atoms with Crippen LogP contribution in [0.3, 0.4) is 0 Å². The molecule has 4 rings (SSSR count). The lowest BCUT2D eigenvalue weighted by molar-refractivity contribution is -0.149. The predicted octanol–water partition coefficient (Wildman–Crippen LogP) is 11.8. The van der Waals surface area contributed by atoms with Gasteiger partial charge in [-0.25, -0.2) is 9.59 Å². The quantitative estimate of drug-likeness (QED) is 0.00858. The molecule has 4 aromatic carbocycles. The smallest absolute Gasteiger partial charge is 0.333 e. The largest absolute Gasteiger partial charge is 0.480 e. The summed E-state index contributed by atoms with van der Waals surface area (Å²) in [6.45, 7) is 39.7. The van der Waals surface area contributed by atoms with Crippen LogP contribution >= 0.6 is 0 Å². The van der Waals surface area contributed by atoms with E-state index in [9.17, 15) is 57.5 Å². The van der Waals surface area contributed by atoms with Crippen LogP contribution in [-0.4, -0.2) is 227 Å². The molecule has 6 unspecified atom stereocenters. The van der Waals surface area contributed by atoms with Gasteiger partial charge in [0.1, 0.15) is 19.8 Å². The van der Waals surface area contributed by atoms with E-state index in [1.807, 2.05) is 139 Å². The summed E-state index contributed by atoms with van der Waals surface area (Å²) in [6, 6.07) is 32.1. The number of hydrogen-bond acceptors (Lipinski definition) is 20. The van der Waals surface area contributed by atoms with Crippen LogP contribution in [0.4, 0.5) is 0 Å². The second kappa shape index (κ2) is 63.0. The number of carbonyl (C=O) groups excluding carboxylic acids is 6. The van der Waals surface area contributed by atoms with Crippen molar-refractivity contribution in [2.24, 2.45) is 11.8 Å². The van der Waals surface area contributed by atoms with Gasteiger partial charge in [0.15, 0.2) is 0 Å². The summed E-state index contributed by atoms with van der Waals surface area (Å²) >= 11 is 0. The van der Waals surface area contributed by atoms with E-state index < -0.39 is 47.8 Å². The van der Waals surface area contributed by atoms with Gasteiger partial charge in [0.2, 0.25) is 17.7 Å². The molecule has 9 N–H and O–H groups in total. The van der Waals surface area contributed by atoms with E-state index in [4.69, 9.17) is 49.6 Å². The fourth-order valence-electron chi connectivity index (χ4n) is 10.2. The van der Waals surface area contributed by atoms with Crippen LogP contribution in [0.1, 0.15) is 217 Å². The number of carboxylic acid groups (broad SMARTS) is 6. The molecular formula is C88H135N7O22. The highest BCUT2D eigenvalue weighted by Gasteiger charge is 2.21. The summed E-state index contributed by atoms with van der Waals surface area (Å²) in [4.78, 5) is 140. The van der Waals surface area contributed by atoms with Gasteiger partial charge in [0, 0.05) is 56.4 Å². The Morgan fingerprint density at radius 1 is 0.350 bits per heavy atom. The van der Waals surface area contributed by atoms with Gasteiger partial charge >= 0.3 is 53.7 Å². The highest BCUT2D eigenvalue weighted by molar-refractivity contribution is 5.87. The lowest BCUT2D eigenvalue weighted by Gasteiger charge is -2.20. The first-order chi connectivity index (χ1) is 55.1. The Bertz CT molecular complexity index is 3390. The molecular weight excluding hydrogens is 1510 g/mol. The summed E-state index contributed by atoms with van der Waals surface area (Å²) in [7, 11) is 1.58. The van der Waals surface area contributed by atoms with Crippen molar-refractivity contribution < 1.29 is 107 Å². The molecule has 0 saturated carbocycles. The highest BCUT2D eigenvalue weighted by Crippen LogP contribution is 2.23. The summed E-state index contributed by atoms with van der Waals surface area (Å²) in [5.41, 5.74) is 9.23. The molecule has 3 amide bonds. The Labute approximate surface area is 692 Å². The molecule has 654 valence electrons. The molecule has 0 heterocycles. The number of hydrogen-bond donors (Lipinski definition) is 9. The number of esters is 3. The third-order valence-corrected chi connectivity index (χ3v) is 18.2. The minimum absolute atomic E-state index is 0.00635. The fourth-order valence-corrected chi connectivity index (χ4v) is 10.2. The zero-order valence-electron chi connectivity index (χ0n) is 72.2. The van der Waals surface area contributed by atoms with E-state index >= 15 is 0 Å². The van der Waals surface area contributed by atoms with Crippen molar-refractivity contribution in [1.82, 2.24) is 35.6 Å². The van der Waals surface area contributed by atoms with Crippen molar-refractivity contribution in [3.63, 3.8) is 0 Å². The van der Waals surface area contributed by atoms with Crippen molar-refractivity contribution in [3.05, 3.63) is 166 Å². The average Bonchev–Trinajstić information content (AvgIpc) is 0.887. The van der Waals surface area contributed by atoms with Gasteiger partial charge in [-0.2, -0.15) is 0 Å². The van der Waals surface area contributed by atoms with Crippen LogP contribution in [0.15, 0.2) is 121 Å². The van der Waals surface area contributed by atoms with E-state index in [-0.39, 0.29) is 120 Å². The second-order valence-electron chi connectivity index (χ2n) is 29.1. The predicted molar refractivity (Wildman–Crippen MR) is 450 cm³/mol. The number of nitrogens with zero attached hydrogens (tertiary/aromatic N) is 4. The molecule has 29 heteroatoms. The third kappa shape index (κ3) is 54.4. The molecule has 0 aliphatic heterocycles.